The number of hydrogen-bond donors (Lipinski definition) is 3. The predicted molar refractivity (Wildman–Crippen MR) is 148 cm³/mol. The lowest BCUT2D eigenvalue weighted by atomic mass is 9.79. The predicted octanol–water partition coefficient (Wildman–Crippen LogP) is 6.11. The van der Waals surface area contributed by atoms with Crippen LogP contribution in [0.3, 0.4) is 0 Å². The molecule has 0 unspecified atom stereocenters. The van der Waals surface area contributed by atoms with Gasteiger partial charge in [0.15, 0.2) is 5.57 Å². The topological polar surface area (TPSA) is 110 Å². The van der Waals surface area contributed by atoms with Crippen LogP contribution >= 0.6 is 0 Å². The van der Waals surface area contributed by atoms with Crippen LogP contribution in [0.25, 0.3) is 10.9 Å². The van der Waals surface area contributed by atoms with Crippen LogP contribution < -0.4 is 10.6 Å². The Morgan fingerprint density at radius 2 is 1.45 bits per heavy atom. The van der Waals surface area contributed by atoms with Gasteiger partial charge in [0.1, 0.15) is 11.6 Å². The SMILES string of the molecule is CC1(C)OC(=O)C(=C(Nc2cc(C(C)(C)C)c(O)c(C(C)(C)C)c2)Nc2cccc3ncccc23)C(=O)O1. The Kier molecular flexibility index (Phi) is 6.64. The summed E-state index contributed by atoms with van der Waals surface area (Å²) in [4.78, 5) is 30.6. The average Bonchev–Trinajstić information content (AvgIpc) is 2.77. The number of ether oxygens (including phenoxy) is 2. The van der Waals surface area contributed by atoms with E-state index in [0.29, 0.717) is 11.4 Å². The molecule has 0 saturated carbocycles. The molecule has 0 aliphatic carbocycles. The highest BCUT2D eigenvalue weighted by molar-refractivity contribution is 6.17. The van der Waals surface area contributed by atoms with Crippen LogP contribution in [0, 0.1) is 0 Å². The summed E-state index contributed by atoms with van der Waals surface area (Å²) in [5.41, 5.74) is 2.34. The summed E-state index contributed by atoms with van der Waals surface area (Å²) in [6.07, 6.45) is 1.69. The zero-order chi connectivity index (χ0) is 28.0. The number of rotatable bonds is 4. The number of carbonyl (C=O) groups is 2. The Balaban J connectivity index is 1.91. The number of anilines is 2. The van der Waals surface area contributed by atoms with Crippen molar-refractivity contribution < 1.29 is 24.2 Å². The first-order valence-electron chi connectivity index (χ1n) is 12.5. The van der Waals surface area contributed by atoms with Gasteiger partial charge >= 0.3 is 11.9 Å². The molecule has 0 radical (unpaired) electrons. The summed E-state index contributed by atoms with van der Waals surface area (Å²) in [5, 5.41) is 18.4. The number of benzene rings is 2. The highest BCUT2D eigenvalue weighted by atomic mass is 16.7. The molecule has 38 heavy (non-hydrogen) atoms. The van der Waals surface area contributed by atoms with Gasteiger partial charge in [-0.05, 0) is 47.2 Å². The molecule has 3 aromatic rings. The van der Waals surface area contributed by atoms with Crippen LogP contribution in [0.15, 0.2) is 60.1 Å². The summed E-state index contributed by atoms with van der Waals surface area (Å²) < 4.78 is 10.8. The Labute approximate surface area is 223 Å². The van der Waals surface area contributed by atoms with Crippen LogP contribution in [0.1, 0.15) is 66.5 Å². The van der Waals surface area contributed by atoms with Crippen molar-refractivity contribution in [2.45, 2.75) is 72.0 Å². The van der Waals surface area contributed by atoms with E-state index in [-0.39, 0.29) is 28.0 Å². The zero-order valence-corrected chi connectivity index (χ0v) is 23.1. The molecule has 2 aromatic carbocycles. The minimum Gasteiger partial charge on any atom is -0.507 e. The fraction of sp³-hybridized carbons (Fsp3) is 0.367. The summed E-state index contributed by atoms with van der Waals surface area (Å²) in [7, 11) is 0. The number of pyridine rings is 1. The monoisotopic (exact) mass is 517 g/mol. The number of aromatic hydroxyl groups is 1. The largest absolute Gasteiger partial charge is 0.507 e. The minimum atomic E-state index is -1.39. The number of nitrogens with zero attached hydrogens (tertiary/aromatic N) is 1. The molecule has 1 aromatic heterocycles. The van der Waals surface area contributed by atoms with E-state index < -0.39 is 17.7 Å². The van der Waals surface area contributed by atoms with Crippen molar-refractivity contribution in [3.8, 4) is 5.75 Å². The van der Waals surface area contributed by atoms with E-state index in [0.717, 1.165) is 22.0 Å². The molecule has 2 heterocycles. The maximum Gasteiger partial charge on any atom is 0.352 e. The van der Waals surface area contributed by atoms with Crippen LogP contribution in [0.5, 0.6) is 5.75 Å². The van der Waals surface area contributed by atoms with Crippen molar-refractivity contribution >= 4 is 34.2 Å². The molecule has 1 aliphatic heterocycles. The van der Waals surface area contributed by atoms with Gasteiger partial charge in [-0.3, -0.25) is 4.98 Å². The third-order valence-corrected chi connectivity index (χ3v) is 6.24. The Bertz CT molecular complexity index is 1400. The summed E-state index contributed by atoms with van der Waals surface area (Å²) in [5.74, 6) is -2.70. The van der Waals surface area contributed by atoms with Crippen LogP contribution in [0.4, 0.5) is 11.4 Å². The zero-order valence-electron chi connectivity index (χ0n) is 23.1. The van der Waals surface area contributed by atoms with Gasteiger partial charge in [0.2, 0.25) is 0 Å². The Hall–Kier alpha value is -4.07. The molecule has 0 atom stereocenters. The second-order valence-corrected chi connectivity index (χ2v) is 12.0. The number of hydrogen-bond acceptors (Lipinski definition) is 8. The molecule has 1 fully saturated rings. The number of cyclic esters (lactones) is 2. The van der Waals surface area contributed by atoms with E-state index in [1.807, 2.05) is 84.0 Å². The van der Waals surface area contributed by atoms with Gasteiger partial charge in [0.05, 0.1) is 5.52 Å². The molecular formula is C30H35N3O5. The molecule has 3 N–H and O–H groups in total. The lowest BCUT2D eigenvalue weighted by molar-refractivity contribution is -0.222. The van der Waals surface area contributed by atoms with Crippen molar-refractivity contribution in [1.29, 1.82) is 0 Å². The molecule has 8 nitrogen and oxygen atoms in total. The summed E-state index contributed by atoms with van der Waals surface area (Å²) in [6, 6.07) is 12.9. The fourth-order valence-electron chi connectivity index (χ4n) is 4.35. The smallest absolute Gasteiger partial charge is 0.352 e. The highest BCUT2D eigenvalue weighted by Crippen LogP contribution is 2.41. The van der Waals surface area contributed by atoms with E-state index in [4.69, 9.17) is 9.47 Å². The van der Waals surface area contributed by atoms with E-state index >= 15 is 0 Å². The first-order chi connectivity index (χ1) is 17.6. The van der Waals surface area contributed by atoms with Gasteiger partial charge in [0, 0.05) is 47.9 Å². The number of esters is 2. The maximum atomic E-state index is 13.1. The summed E-state index contributed by atoms with van der Waals surface area (Å²) >= 11 is 0. The summed E-state index contributed by atoms with van der Waals surface area (Å²) in [6.45, 7) is 15.1. The number of phenolic OH excluding ortho intramolecular Hbond substituents is 1. The molecule has 8 heteroatoms. The highest BCUT2D eigenvalue weighted by Gasteiger charge is 2.41. The van der Waals surface area contributed by atoms with Crippen molar-refractivity contribution in [2.75, 3.05) is 10.6 Å². The number of nitrogens with one attached hydrogen (secondary N) is 2. The average molecular weight is 518 g/mol. The molecule has 0 amide bonds. The molecule has 0 spiro atoms. The minimum absolute atomic E-state index is 0.0947. The molecule has 1 aliphatic rings. The van der Waals surface area contributed by atoms with Crippen molar-refractivity contribution in [1.82, 2.24) is 4.98 Å². The van der Waals surface area contributed by atoms with Crippen LogP contribution in [0.2, 0.25) is 0 Å². The van der Waals surface area contributed by atoms with E-state index in [1.54, 1.807) is 6.20 Å². The maximum absolute atomic E-state index is 13.1. The van der Waals surface area contributed by atoms with E-state index in [9.17, 15) is 14.7 Å². The first kappa shape index (κ1) is 27.0. The third kappa shape index (κ3) is 5.44. The van der Waals surface area contributed by atoms with Crippen molar-refractivity contribution in [2.24, 2.45) is 0 Å². The van der Waals surface area contributed by atoms with Gasteiger partial charge in [0.25, 0.3) is 5.79 Å². The number of fused-ring (bicyclic) bond motifs is 1. The second-order valence-electron chi connectivity index (χ2n) is 12.0. The van der Waals surface area contributed by atoms with Gasteiger partial charge in [-0.2, -0.15) is 0 Å². The Morgan fingerprint density at radius 3 is 2.00 bits per heavy atom. The first-order valence-corrected chi connectivity index (χ1v) is 12.5. The molecule has 200 valence electrons. The number of aromatic nitrogens is 1. The molecule has 4 rings (SSSR count). The van der Waals surface area contributed by atoms with E-state index in [2.05, 4.69) is 15.6 Å². The van der Waals surface area contributed by atoms with Crippen LogP contribution in [-0.2, 0) is 29.9 Å². The molecule has 0 bridgehead atoms. The third-order valence-electron chi connectivity index (χ3n) is 6.24. The molecule has 1 saturated heterocycles. The van der Waals surface area contributed by atoms with Gasteiger partial charge in [-0.15, -0.1) is 0 Å². The van der Waals surface area contributed by atoms with Gasteiger partial charge in [-0.25, -0.2) is 9.59 Å². The van der Waals surface area contributed by atoms with Crippen molar-refractivity contribution in [3.05, 3.63) is 71.2 Å². The fourth-order valence-corrected chi connectivity index (χ4v) is 4.35. The van der Waals surface area contributed by atoms with Gasteiger partial charge in [-0.1, -0.05) is 47.6 Å². The quantitative estimate of drug-likeness (QED) is 0.165. The lowest BCUT2D eigenvalue weighted by Gasteiger charge is -2.32. The van der Waals surface area contributed by atoms with Crippen molar-refractivity contribution in [3.63, 3.8) is 0 Å². The molecular weight excluding hydrogens is 482 g/mol. The van der Waals surface area contributed by atoms with E-state index in [1.165, 1.54) is 13.8 Å². The number of carbonyl (C=O) groups excluding carboxylic acids is 2. The second kappa shape index (κ2) is 9.35. The van der Waals surface area contributed by atoms with Gasteiger partial charge < -0.3 is 25.2 Å². The normalized spacial score (nSPS) is 15.6. The Morgan fingerprint density at radius 1 is 0.868 bits per heavy atom. The standard InChI is InChI=1S/C30H35N3O5/c1-28(2,3)19-15-17(16-20(24(19)34)29(4,5)6)32-25(23-26(35)37-30(7,8)38-27(23)36)33-22-13-9-12-21-18(22)11-10-14-31-21/h9-16,32-34H,1-8H3. The number of phenols is 1. The lowest BCUT2D eigenvalue weighted by Crippen LogP contribution is -2.43. The van der Waals surface area contributed by atoms with Crippen LogP contribution in [-0.4, -0.2) is 27.8 Å².